The van der Waals surface area contributed by atoms with E-state index in [1.165, 1.54) is 92.8 Å². The molecule has 0 spiro atoms. The first kappa shape index (κ1) is 25.4. The average molecular weight is 505 g/mol. The van der Waals surface area contributed by atoms with Gasteiger partial charge in [0.05, 0.1) is 0 Å². The minimum absolute atomic E-state index is 0.142. The molecule has 0 saturated carbocycles. The summed E-state index contributed by atoms with van der Waals surface area (Å²) in [5.41, 5.74) is 5.76. The van der Waals surface area contributed by atoms with E-state index in [0.717, 1.165) is 6.42 Å². The van der Waals surface area contributed by atoms with Crippen molar-refractivity contribution >= 4 is 55.4 Å². The maximum Gasteiger partial charge on any atom is 0.243 e. The number of benzene rings is 6. The van der Waals surface area contributed by atoms with Crippen molar-refractivity contribution in [2.75, 3.05) is 0 Å². The molecule has 0 unspecified atom stereocenters. The zero-order valence-corrected chi connectivity index (χ0v) is 23.1. The molecular formula is C38H37B. The normalized spacial score (nSPS) is 11.4. The largest absolute Gasteiger partial charge is 0.243 e. The van der Waals surface area contributed by atoms with Gasteiger partial charge >= 0.3 is 0 Å². The van der Waals surface area contributed by atoms with E-state index in [0.29, 0.717) is 0 Å². The summed E-state index contributed by atoms with van der Waals surface area (Å²) in [7, 11) is 0. The Morgan fingerprint density at radius 1 is 0.436 bits per heavy atom. The molecule has 0 aliphatic rings. The fraction of sp³-hybridized carbons (Fsp3) is 0.211. The smallest absolute Gasteiger partial charge is 0.0663 e. The van der Waals surface area contributed by atoms with Crippen molar-refractivity contribution in [2.24, 2.45) is 0 Å². The van der Waals surface area contributed by atoms with Crippen molar-refractivity contribution in [1.29, 1.82) is 0 Å². The number of hydrogen-bond acceptors (Lipinski definition) is 0. The van der Waals surface area contributed by atoms with Crippen LogP contribution in [0.3, 0.4) is 0 Å². The molecule has 0 N–H and O–H groups in total. The highest BCUT2D eigenvalue weighted by molar-refractivity contribution is 6.99. The van der Waals surface area contributed by atoms with E-state index in [-0.39, 0.29) is 6.71 Å². The summed E-state index contributed by atoms with van der Waals surface area (Å²) in [6, 6.07) is 45.3. The zero-order chi connectivity index (χ0) is 26.4. The van der Waals surface area contributed by atoms with Crippen molar-refractivity contribution in [3.8, 4) is 0 Å². The lowest BCUT2D eigenvalue weighted by Gasteiger charge is -2.24. The Kier molecular flexibility index (Phi) is 7.77. The molecule has 1 heteroatoms. The predicted octanol–water partition coefficient (Wildman–Crippen LogP) is 8.57. The average Bonchev–Trinajstić information content (AvgIpc) is 3.00. The summed E-state index contributed by atoms with van der Waals surface area (Å²) >= 11 is 0. The molecule has 6 aromatic rings. The molecule has 0 aliphatic heterocycles. The van der Waals surface area contributed by atoms with Gasteiger partial charge in [0.25, 0.3) is 0 Å². The van der Waals surface area contributed by atoms with E-state index in [2.05, 4.69) is 128 Å². The van der Waals surface area contributed by atoms with Gasteiger partial charge < -0.3 is 0 Å². The van der Waals surface area contributed by atoms with Gasteiger partial charge in [-0.1, -0.05) is 182 Å². The second kappa shape index (κ2) is 11.9. The molecule has 39 heavy (non-hydrogen) atoms. The van der Waals surface area contributed by atoms with Gasteiger partial charge in [-0.3, -0.25) is 0 Å². The Morgan fingerprint density at radius 2 is 0.923 bits per heavy atom. The van der Waals surface area contributed by atoms with Crippen LogP contribution in [0.2, 0.25) is 0 Å². The zero-order valence-electron chi connectivity index (χ0n) is 23.1. The third kappa shape index (κ3) is 5.24. The van der Waals surface area contributed by atoms with E-state index < -0.39 is 0 Å². The first-order valence-corrected chi connectivity index (χ1v) is 14.8. The summed E-state index contributed by atoms with van der Waals surface area (Å²) in [4.78, 5) is 0. The second-order valence-corrected chi connectivity index (χ2v) is 10.9. The van der Waals surface area contributed by atoms with Crippen LogP contribution in [0.4, 0.5) is 0 Å². The standard InChI is InChI=1S/C38H37B/c1-2-3-4-5-6-7-19-32-28-27-31-18-10-13-24-35(31)38(32)39(36-25-14-20-29-16-8-11-22-33(29)36)37-26-15-21-30-17-9-12-23-34(30)37/h8-18,20-28H,2-7,19H2,1H3. The van der Waals surface area contributed by atoms with Crippen LogP contribution in [-0.4, -0.2) is 6.71 Å². The first-order chi connectivity index (χ1) is 19.3. The van der Waals surface area contributed by atoms with Crippen LogP contribution in [0.25, 0.3) is 32.3 Å². The molecule has 0 radical (unpaired) electrons. The quantitative estimate of drug-likeness (QED) is 0.129. The number of aryl methyl sites for hydroxylation is 1. The monoisotopic (exact) mass is 504 g/mol. The molecule has 192 valence electrons. The molecule has 6 aromatic carbocycles. The highest BCUT2D eigenvalue weighted by atomic mass is 14.1. The predicted molar refractivity (Wildman–Crippen MR) is 174 cm³/mol. The van der Waals surface area contributed by atoms with Crippen LogP contribution in [-0.2, 0) is 6.42 Å². The lowest BCUT2D eigenvalue weighted by atomic mass is 9.34. The van der Waals surface area contributed by atoms with Crippen molar-refractivity contribution in [3.05, 3.63) is 127 Å². The summed E-state index contributed by atoms with van der Waals surface area (Å²) in [6.07, 6.45) is 9.02. The van der Waals surface area contributed by atoms with Crippen molar-refractivity contribution < 1.29 is 0 Å². The van der Waals surface area contributed by atoms with Crippen LogP contribution >= 0.6 is 0 Å². The minimum Gasteiger partial charge on any atom is -0.0663 e. The molecule has 6 rings (SSSR count). The van der Waals surface area contributed by atoms with Crippen LogP contribution < -0.4 is 16.4 Å². The van der Waals surface area contributed by atoms with E-state index in [4.69, 9.17) is 0 Å². The molecule has 0 heterocycles. The topological polar surface area (TPSA) is 0 Å². The summed E-state index contributed by atoms with van der Waals surface area (Å²) < 4.78 is 0. The summed E-state index contributed by atoms with van der Waals surface area (Å²) in [5, 5.41) is 8.00. The molecule has 0 aliphatic carbocycles. The number of fused-ring (bicyclic) bond motifs is 3. The Bertz CT molecular complexity index is 1620. The molecule has 0 aromatic heterocycles. The van der Waals surface area contributed by atoms with E-state index >= 15 is 0 Å². The Morgan fingerprint density at radius 3 is 1.54 bits per heavy atom. The Hall–Kier alpha value is -3.84. The lowest BCUT2D eigenvalue weighted by Crippen LogP contribution is -2.54. The Labute approximate surface area is 233 Å². The van der Waals surface area contributed by atoms with Gasteiger partial charge in [0, 0.05) is 0 Å². The van der Waals surface area contributed by atoms with E-state index in [1.54, 1.807) is 0 Å². The fourth-order valence-electron chi connectivity index (χ4n) is 6.48. The summed E-state index contributed by atoms with van der Waals surface area (Å²) in [5.74, 6) is 0. The third-order valence-corrected chi connectivity index (χ3v) is 8.42. The van der Waals surface area contributed by atoms with Gasteiger partial charge in [0.1, 0.15) is 0 Å². The molecule has 0 saturated heterocycles. The maximum atomic E-state index is 2.42. The molecule has 0 amide bonds. The van der Waals surface area contributed by atoms with Crippen LogP contribution in [0.5, 0.6) is 0 Å². The highest BCUT2D eigenvalue weighted by Crippen LogP contribution is 2.21. The highest BCUT2D eigenvalue weighted by Gasteiger charge is 2.29. The molecule has 0 atom stereocenters. The van der Waals surface area contributed by atoms with Crippen LogP contribution in [0.1, 0.15) is 51.0 Å². The van der Waals surface area contributed by atoms with Gasteiger partial charge in [-0.2, -0.15) is 0 Å². The van der Waals surface area contributed by atoms with Gasteiger partial charge in [0.2, 0.25) is 6.71 Å². The lowest BCUT2D eigenvalue weighted by molar-refractivity contribution is 0.608. The SMILES string of the molecule is CCCCCCCCc1ccc2ccccc2c1B(c1cccc2ccccc12)c1cccc2ccccc12. The van der Waals surface area contributed by atoms with Gasteiger partial charge in [-0.25, -0.2) is 0 Å². The van der Waals surface area contributed by atoms with Gasteiger partial charge in [0.15, 0.2) is 0 Å². The number of rotatable bonds is 10. The van der Waals surface area contributed by atoms with E-state index in [1.807, 2.05) is 0 Å². The molecule has 0 bridgehead atoms. The van der Waals surface area contributed by atoms with E-state index in [9.17, 15) is 0 Å². The number of unbranched alkanes of at least 4 members (excludes halogenated alkanes) is 5. The Balaban J connectivity index is 1.59. The maximum absolute atomic E-state index is 2.42. The third-order valence-electron chi connectivity index (χ3n) is 8.42. The molecular weight excluding hydrogens is 467 g/mol. The fourth-order valence-corrected chi connectivity index (χ4v) is 6.48. The molecule has 0 nitrogen and oxygen atoms in total. The van der Waals surface area contributed by atoms with Crippen molar-refractivity contribution in [1.82, 2.24) is 0 Å². The van der Waals surface area contributed by atoms with Gasteiger partial charge in [-0.05, 0) is 45.2 Å². The summed E-state index contributed by atoms with van der Waals surface area (Å²) in [6.45, 7) is 2.44. The molecule has 0 fully saturated rings. The van der Waals surface area contributed by atoms with Gasteiger partial charge in [-0.15, -0.1) is 0 Å². The number of hydrogen-bond donors (Lipinski definition) is 0. The second-order valence-electron chi connectivity index (χ2n) is 10.9. The first-order valence-electron chi connectivity index (χ1n) is 14.8. The van der Waals surface area contributed by atoms with Crippen LogP contribution in [0.15, 0.2) is 121 Å². The minimum atomic E-state index is 0.142. The van der Waals surface area contributed by atoms with Crippen molar-refractivity contribution in [3.63, 3.8) is 0 Å². The van der Waals surface area contributed by atoms with Crippen molar-refractivity contribution in [2.45, 2.75) is 51.9 Å². The van der Waals surface area contributed by atoms with Crippen LogP contribution in [0, 0.1) is 0 Å².